The molecule has 0 unspecified atom stereocenters. The van der Waals surface area contributed by atoms with E-state index in [4.69, 9.17) is 26.6 Å². The number of rotatable bonds is 7. The quantitative estimate of drug-likeness (QED) is 0.133. The van der Waals surface area contributed by atoms with Gasteiger partial charge < -0.3 is 19.9 Å². The van der Waals surface area contributed by atoms with Crippen molar-refractivity contribution in [1.29, 1.82) is 0 Å². The van der Waals surface area contributed by atoms with Gasteiger partial charge in [-0.25, -0.2) is 19.2 Å². The van der Waals surface area contributed by atoms with Gasteiger partial charge in [0.1, 0.15) is 25.1 Å². The van der Waals surface area contributed by atoms with E-state index >= 15 is 4.39 Å². The van der Waals surface area contributed by atoms with Crippen LogP contribution in [-0.2, 0) is 9.47 Å². The minimum absolute atomic E-state index is 0.102. The molecule has 5 rings (SSSR count). The Labute approximate surface area is 228 Å². The Morgan fingerprint density at radius 2 is 2.00 bits per heavy atom. The maximum absolute atomic E-state index is 15.5. The standard InChI is InChI=1S/C25H18ClFN6O5S/c26-15-8-4-7-14(9-15)24(36)37-11-25(32-33-28)21(34)17(27)19(38-25)16-10-39-20-18(16)29-12-30-22(20)31-23(35)13-5-2-1-3-6-13/h1-10,12,17,19,21,34H,11H2,(H,29,30,31,35)/t17-,19-,21-,25-/m0/s1. The molecule has 2 aromatic carbocycles. The number of aliphatic hydroxyl groups excluding tert-OH is 1. The Bertz CT molecular complexity index is 1600. The van der Waals surface area contributed by atoms with E-state index in [-0.39, 0.29) is 22.5 Å². The summed E-state index contributed by atoms with van der Waals surface area (Å²) >= 11 is 7.04. The van der Waals surface area contributed by atoms with Gasteiger partial charge in [0.2, 0.25) is 5.72 Å². The first-order valence-corrected chi connectivity index (χ1v) is 12.7. The predicted molar refractivity (Wildman–Crippen MR) is 140 cm³/mol. The van der Waals surface area contributed by atoms with Gasteiger partial charge in [-0.05, 0) is 41.2 Å². The lowest BCUT2D eigenvalue weighted by atomic mass is 10.0. The number of alkyl halides is 1. The number of hydrogen-bond donors (Lipinski definition) is 2. The third-order valence-electron chi connectivity index (χ3n) is 6.02. The second-order valence-electron chi connectivity index (χ2n) is 8.46. The molecule has 0 spiro atoms. The molecule has 0 bridgehead atoms. The van der Waals surface area contributed by atoms with Crippen LogP contribution in [0.4, 0.5) is 10.2 Å². The highest BCUT2D eigenvalue weighted by Gasteiger charge is 2.57. The maximum Gasteiger partial charge on any atom is 0.338 e. The van der Waals surface area contributed by atoms with E-state index in [0.717, 1.165) is 11.3 Å². The van der Waals surface area contributed by atoms with E-state index in [1.807, 2.05) is 0 Å². The van der Waals surface area contributed by atoms with Crippen molar-refractivity contribution in [1.82, 2.24) is 9.97 Å². The Balaban J connectivity index is 1.41. The summed E-state index contributed by atoms with van der Waals surface area (Å²) in [5.74, 6) is -1.03. The second-order valence-corrected chi connectivity index (χ2v) is 9.78. The van der Waals surface area contributed by atoms with Crippen LogP contribution in [0.3, 0.4) is 0 Å². The number of aromatic nitrogens is 2. The number of fused-ring (bicyclic) bond motifs is 1. The molecule has 2 N–H and O–H groups in total. The van der Waals surface area contributed by atoms with Crippen molar-refractivity contribution in [2.75, 3.05) is 11.9 Å². The van der Waals surface area contributed by atoms with Crippen molar-refractivity contribution < 1.29 is 28.6 Å². The first-order valence-electron chi connectivity index (χ1n) is 11.4. The predicted octanol–water partition coefficient (Wildman–Crippen LogP) is 5.23. The Morgan fingerprint density at radius 1 is 1.23 bits per heavy atom. The molecule has 3 heterocycles. The number of benzene rings is 2. The van der Waals surface area contributed by atoms with Crippen molar-refractivity contribution in [3.05, 3.63) is 98.5 Å². The lowest BCUT2D eigenvalue weighted by molar-refractivity contribution is -0.111. The van der Waals surface area contributed by atoms with Crippen LogP contribution in [0.15, 0.2) is 71.4 Å². The highest BCUT2D eigenvalue weighted by molar-refractivity contribution is 7.18. The van der Waals surface area contributed by atoms with Gasteiger partial charge in [0.15, 0.2) is 12.0 Å². The molecule has 0 saturated carbocycles. The van der Waals surface area contributed by atoms with Crippen LogP contribution in [0.2, 0.25) is 5.02 Å². The number of hydrogen-bond acceptors (Lipinski definition) is 9. The van der Waals surface area contributed by atoms with Crippen LogP contribution in [0.5, 0.6) is 0 Å². The lowest BCUT2D eigenvalue weighted by Gasteiger charge is -2.26. The highest BCUT2D eigenvalue weighted by atomic mass is 35.5. The minimum atomic E-state index is -2.25. The van der Waals surface area contributed by atoms with Crippen LogP contribution in [-0.4, -0.2) is 51.6 Å². The van der Waals surface area contributed by atoms with E-state index in [9.17, 15) is 14.7 Å². The largest absolute Gasteiger partial charge is 0.459 e. The average molecular weight is 569 g/mol. The molecular formula is C25H18ClFN6O5S. The van der Waals surface area contributed by atoms with E-state index < -0.39 is 42.6 Å². The molecule has 198 valence electrons. The van der Waals surface area contributed by atoms with Crippen LogP contribution in [0, 0.1) is 0 Å². The topological polar surface area (TPSA) is 159 Å². The normalized spacial score (nSPS) is 22.3. The van der Waals surface area contributed by atoms with Crippen LogP contribution in [0.25, 0.3) is 20.7 Å². The zero-order valence-electron chi connectivity index (χ0n) is 19.8. The number of azide groups is 1. The summed E-state index contributed by atoms with van der Waals surface area (Å²) in [6, 6.07) is 14.4. The van der Waals surface area contributed by atoms with Crippen molar-refractivity contribution in [2.45, 2.75) is 24.1 Å². The summed E-state index contributed by atoms with van der Waals surface area (Å²) in [5, 5.41) is 18.8. The first-order chi connectivity index (χ1) is 18.8. The van der Waals surface area contributed by atoms with Crippen molar-refractivity contribution >= 4 is 50.8 Å². The molecule has 11 nitrogen and oxygen atoms in total. The van der Waals surface area contributed by atoms with E-state index in [1.54, 1.807) is 41.8 Å². The molecule has 1 amide bonds. The minimum Gasteiger partial charge on any atom is -0.459 e. The number of ether oxygens (including phenoxy) is 2. The zero-order valence-corrected chi connectivity index (χ0v) is 21.3. The lowest BCUT2D eigenvalue weighted by Crippen LogP contribution is -2.44. The van der Waals surface area contributed by atoms with Crippen LogP contribution in [0.1, 0.15) is 32.4 Å². The summed E-state index contributed by atoms with van der Waals surface area (Å²) in [4.78, 5) is 36.2. The summed E-state index contributed by atoms with van der Waals surface area (Å²) in [7, 11) is 0. The van der Waals surface area contributed by atoms with Crippen LogP contribution >= 0.6 is 22.9 Å². The number of nitrogens with zero attached hydrogens (tertiary/aromatic N) is 5. The number of carbonyl (C=O) groups is 2. The fourth-order valence-corrected chi connectivity index (χ4v) is 5.29. The van der Waals surface area contributed by atoms with Gasteiger partial charge in [0, 0.05) is 21.1 Å². The molecular weight excluding hydrogens is 551 g/mol. The third-order valence-corrected chi connectivity index (χ3v) is 7.25. The number of thiophene rings is 1. The van der Waals surface area contributed by atoms with Crippen molar-refractivity contribution in [3.8, 4) is 0 Å². The van der Waals surface area contributed by atoms with Gasteiger partial charge in [-0.15, -0.1) is 11.3 Å². The van der Waals surface area contributed by atoms with Gasteiger partial charge in [-0.3, -0.25) is 4.79 Å². The number of esters is 1. The molecule has 14 heteroatoms. The second kappa shape index (κ2) is 10.9. The van der Waals surface area contributed by atoms with Gasteiger partial charge in [-0.2, -0.15) is 0 Å². The number of nitrogens with one attached hydrogen (secondary N) is 1. The molecule has 2 aromatic heterocycles. The Kier molecular flexibility index (Phi) is 7.42. The van der Waals surface area contributed by atoms with Crippen LogP contribution < -0.4 is 5.32 Å². The fraction of sp³-hybridized carbons (Fsp3) is 0.200. The monoisotopic (exact) mass is 568 g/mol. The van der Waals surface area contributed by atoms with E-state index in [2.05, 4.69) is 25.3 Å². The molecule has 39 heavy (non-hydrogen) atoms. The number of carbonyl (C=O) groups excluding carboxylic acids is 2. The fourth-order valence-electron chi connectivity index (χ4n) is 4.11. The van der Waals surface area contributed by atoms with Gasteiger partial charge >= 0.3 is 5.97 Å². The van der Waals surface area contributed by atoms with Crippen molar-refractivity contribution in [2.24, 2.45) is 5.11 Å². The molecule has 1 aliphatic heterocycles. The Morgan fingerprint density at radius 3 is 2.74 bits per heavy atom. The van der Waals surface area contributed by atoms with Gasteiger partial charge in [0.25, 0.3) is 5.91 Å². The smallest absolute Gasteiger partial charge is 0.338 e. The molecule has 1 fully saturated rings. The zero-order chi connectivity index (χ0) is 27.6. The molecule has 1 saturated heterocycles. The van der Waals surface area contributed by atoms with Crippen molar-refractivity contribution in [3.63, 3.8) is 0 Å². The summed E-state index contributed by atoms with van der Waals surface area (Å²) in [6.45, 7) is -0.768. The number of amides is 1. The van der Waals surface area contributed by atoms with Gasteiger partial charge in [-0.1, -0.05) is 41.0 Å². The number of anilines is 1. The molecule has 1 aliphatic rings. The average Bonchev–Trinajstić information content (AvgIpc) is 3.48. The van der Waals surface area contributed by atoms with E-state index in [1.165, 1.54) is 24.5 Å². The molecule has 4 aromatic rings. The molecule has 0 aliphatic carbocycles. The summed E-state index contributed by atoms with van der Waals surface area (Å²) in [6.07, 6.45) is -4.28. The van der Waals surface area contributed by atoms with Gasteiger partial charge in [0.05, 0.1) is 15.8 Å². The number of aliphatic hydroxyl groups is 1. The number of halogens is 2. The third kappa shape index (κ3) is 5.13. The summed E-state index contributed by atoms with van der Waals surface area (Å²) < 4.78 is 26.9. The maximum atomic E-state index is 15.5. The highest BCUT2D eigenvalue weighted by Crippen LogP contribution is 2.46. The first kappa shape index (κ1) is 26.5. The molecule has 0 radical (unpaired) electrons. The summed E-state index contributed by atoms with van der Waals surface area (Å²) in [5.41, 5.74) is 7.91. The van der Waals surface area contributed by atoms with E-state index in [0.29, 0.717) is 15.3 Å². The Hall–Kier alpha value is -4.13. The SMILES string of the molecule is [N-]=[N+]=N[C@@]1(COC(=O)c2cccc(Cl)c2)O[C@@H](c2csc3c(NC(=O)c4ccccc4)ncnc23)[C@H](F)[C@@H]1O. The molecule has 4 atom stereocenters.